The number of halogens is 1. The van der Waals surface area contributed by atoms with E-state index < -0.39 is 0 Å². The van der Waals surface area contributed by atoms with E-state index in [1.807, 2.05) is 24.3 Å². The predicted octanol–water partition coefficient (Wildman–Crippen LogP) is 4.56. The molecule has 0 aliphatic heterocycles. The molecule has 2 N–H and O–H groups in total. The van der Waals surface area contributed by atoms with Crippen LogP contribution in [0.4, 0.5) is 5.69 Å². The summed E-state index contributed by atoms with van der Waals surface area (Å²) in [6.07, 6.45) is 0.880. The van der Waals surface area contributed by atoms with Crippen LogP contribution in [0.25, 0.3) is 0 Å². The van der Waals surface area contributed by atoms with Gasteiger partial charge in [0.05, 0.1) is 0 Å². The highest BCUT2D eigenvalue weighted by Crippen LogP contribution is 2.24. The van der Waals surface area contributed by atoms with Crippen molar-refractivity contribution in [3.8, 4) is 0 Å². The number of hydrogen-bond donors (Lipinski definition) is 1. The van der Waals surface area contributed by atoms with Gasteiger partial charge in [-0.1, -0.05) is 47.5 Å². The molecule has 1 unspecified atom stereocenters. The standard InChI is InChI=1S/C18H23ClN2/c1-3-21(15-10-8-14(2)9-11-15)13-12-18(20)16-6-4-5-7-17(16)19/h4-11,18H,3,12-13,20H2,1-2H3. The first-order valence-electron chi connectivity index (χ1n) is 7.43. The molecule has 0 heterocycles. The van der Waals surface area contributed by atoms with Crippen LogP contribution in [-0.2, 0) is 0 Å². The average molecular weight is 303 g/mol. The van der Waals surface area contributed by atoms with Crippen molar-refractivity contribution in [2.24, 2.45) is 5.73 Å². The number of benzene rings is 2. The third-order valence-corrected chi connectivity index (χ3v) is 4.14. The summed E-state index contributed by atoms with van der Waals surface area (Å²) in [5.41, 5.74) is 9.84. The van der Waals surface area contributed by atoms with Crippen molar-refractivity contribution in [2.75, 3.05) is 18.0 Å². The number of hydrogen-bond acceptors (Lipinski definition) is 2. The van der Waals surface area contributed by atoms with Gasteiger partial charge in [0.1, 0.15) is 0 Å². The Balaban J connectivity index is 2.00. The van der Waals surface area contributed by atoms with Crippen LogP contribution in [0.2, 0.25) is 5.02 Å². The Hall–Kier alpha value is -1.51. The topological polar surface area (TPSA) is 29.3 Å². The zero-order chi connectivity index (χ0) is 15.2. The Morgan fingerprint density at radius 2 is 1.76 bits per heavy atom. The molecule has 112 valence electrons. The van der Waals surface area contributed by atoms with Crippen LogP contribution in [0.1, 0.15) is 30.5 Å². The maximum atomic E-state index is 6.29. The third kappa shape index (κ3) is 4.23. The minimum Gasteiger partial charge on any atom is -0.372 e. The molecule has 2 aromatic carbocycles. The second kappa shape index (κ2) is 7.48. The quantitative estimate of drug-likeness (QED) is 0.847. The number of anilines is 1. The Bertz CT molecular complexity index is 566. The highest BCUT2D eigenvalue weighted by molar-refractivity contribution is 6.31. The maximum absolute atomic E-state index is 6.29. The highest BCUT2D eigenvalue weighted by Gasteiger charge is 2.12. The molecule has 0 fully saturated rings. The number of nitrogens with zero attached hydrogens (tertiary/aromatic N) is 1. The van der Waals surface area contributed by atoms with Crippen LogP contribution in [0.3, 0.4) is 0 Å². The largest absolute Gasteiger partial charge is 0.372 e. The Morgan fingerprint density at radius 1 is 1.10 bits per heavy atom. The molecule has 3 heteroatoms. The fraction of sp³-hybridized carbons (Fsp3) is 0.333. The lowest BCUT2D eigenvalue weighted by Gasteiger charge is -2.25. The van der Waals surface area contributed by atoms with E-state index >= 15 is 0 Å². The van der Waals surface area contributed by atoms with Gasteiger partial charge in [0.2, 0.25) is 0 Å². The predicted molar refractivity (Wildman–Crippen MR) is 92.1 cm³/mol. The summed E-state index contributed by atoms with van der Waals surface area (Å²) in [5.74, 6) is 0. The van der Waals surface area contributed by atoms with E-state index in [2.05, 4.69) is 43.0 Å². The normalized spacial score (nSPS) is 12.2. The van der Waals surface area contributed by atoms with Gasteiger partial charge in [0.15, 0.2) is 0 Å². The summed E-state index contributed by atoms with van der Waals surface area (Å²) < 4.78 is 0. The van der Waals surface area contributed by atoms with Gasteiger partial charge in [-0.25, -0.2) is 0 Å². The number of rotatable bonds is 6. The van der Waals surface area contributed by atoms with Gasteiger partial charge in [0, 0.05) is 29.8 Å². The van der Waals surface area contributed by atoms with E-state index in [4.69, 9.17) is 17.3 Å². The summed E-state index contributed by atoms with van der Waals surface area (Å²) in [6, 6.07) is 16.4. The van der Waals surface area contributed by atoms with E-state index in [1.54, 1.807) is 0 Å². The van der Waals surface area contributed by atoms with E-state index in [1.165, 1.54) is 11.3 Å². The molecule has 0 spiro atoms. The zero-order valence-electron chi connectivity index (χ0n) is 12.7. The van der Waals surface area contributed by atoms with Gasteiger partial charge in [0.25, 0.3) is 0 Å². The molecule has 1 atom stereocenters. The summed E-state index contributed by atoms with van der Waals surface area (Å²) in [7, 11) is 0. The Labute approximate surface area is 132 Å². The molecular formula is C18H23ClN2. The van der Waals surface area contributed by atoms with Gasteiger partial charge in [-0.2, -0.15) is 0 Å². The van der Waals surface area contributed by atoms with Crippen LogP contribution < -0.4 is 10.6 Å². The Kier molecular flexibility index (Phi) is 5.66. The van der Waals surface area contributed by atoms with Crippen molar-refractivity contribution in [1.82, 2.24) is 0 Å². The van der Waals surface area contributed by atoms with Crippen molar-refractivity contribution < 1.29 is 0 Å². The molecule has 0 aliphatic rings. The molecule has 0 bridgehead atoms. The summed E-state index contributed by atoms with van der Waals surface area (Å²) in [5, 5.41) is 0.753. The molecule has 0 aromatic heterocycles. The molecule has 0 amide bonds. The van der Waals surface area contributed by atoms with Gasteiger partial charge in [-0.3, -0.25) is 0 Å². The lowest BCUT2D eigenvalue weighted by molar-refractivity contribution is 0.632. The van der Waals surface area contributed by atoms with Crippen LogP contribution >= 0.6 is 11.6 Å². The van der Waals surface area contributed by atoms with Crippen molar-refractivity contribution in [3.63, 3.8) is 0 Å². The van der Waals surface area contributed by atoms with E-state index in [9.17, 15) is 0 Å². The lowest BCUT2D eigenvalue weighted by Crippen LogP contribution is -2.27. The zero-order valence-corrected chi connectivity index (χ0v) is 13.5. The molecule has 0 saturated carbocycles. The fourth-order valence-corrected chi connectivity index (χ4v) is 2.73. The maximum Gasteiger partial charge on any atom is 0.0453 e. The minimum atomic E-state index is -0.0294. The number of nitrogens with two attached hydrogens (primary N) is 1. The van der Waals surface area contributed by atoms with Crippen LogP contribution in [0.15, 0.2) is 48.5 Å². The summed E-state index contributed by atoms with van der Waals surface area (Å²) >= 11 is 6.21. The van der Waals surface area contributed by atoms with Crippen LogP contribution in [0.5, 0.6) is 0 Å². The average Bonchev–Trinajstić information content (AvgIpc) is 2.49. The lowest BCUT2D eigenvalue weighted by atomic mass is 10.0. The summed E-state index contributed by atoms with van der Waals surface area (Å²) in [6.45, 7) is 6.17. The minimum absolute atomic E-state index is 0.0294. The van der Waals surface area contributed by atoms with Crippen LogP contribution in [-0.4, -0.2) is 13.1 Å². The Morgan fingerprint density at radius 3 is 2.38 bits per heavy atom. The van der Waals surface area contributed by atoms with Gasteiger partial charge in [-0.05, 0) is 44.0 Å². The fourth-order valence-electron chi connectivity index (χ4n) is 2.45. The molecule has 0 saturated heterocycles. The SMILES string of the molecule is CCN(CCC(N)c1ccccc1Cl)c1ccc(C)cc1. The van der Waals surface area contributed by atoms with E-state index in [0.717, 1.165) is 30.1 Å². The second-order valence-electron chi connectivity index (χ2n) is 5.33. The molecule has 0 radical (unpaired) electrons. The van der Waals surface area contributed by atoms with Crippen molar-refractivity contribution >= 4 is 17.3 Å². The van der Waals surface area contributed by atoms with E-state index in [0.29, 0.717) is 0 Å². The van der Waals surface area contributed by atoms with E-state index in [-0.39, 0.29) is 6.04 Å². The highest BCUT2D eigenvalue weighted by atomic mass is 35.5. The number of aryl methyl sites for hydroxylation is 1. The second-order valence-corrected chi connectivity index (χ2v) is 5.74. The molecule has 2 aromatic rings. The smallest absolute Gasteiger partial charge is 0.0453 e. The van der Waals surface area contributed by atoms with Gasteiger partial charge >= 0.3 is 0 Å². The van der Waals surface area contributed by atoms with Crippen molar-refractivity contribution in [2.45, 2.75) is 26.3 Å². The molecule has 2 nitrogen and oxygen atoms in total. The van der Waals surface area contributed by atoms with Crippen molar-refractivity contribution in [3.05, 3.63) is 64.7 Å². The third-order valence-electron chi connectivity index (χ3n) is 3.80. The van der Waals surface area contributed by atoms with Crippen molar-refractivity contribution in [1.29, 1.82) is 0 Å². The first-order valence-corrected chi connectivity index (χ1v) is 7.81. The first kappa shape index (κ1) is 15.9. The van der Waals surface area contributed by atoms with Gasteiger partial charge in [-0.15, -0.1) is 0 Å². The first-order chi connectivity index (χ1) is 10.1. The molecule has 0 aliphatic carbocycles. The molecule has 21 heavy (non-hydrogen) atoms. The van der Waals surface area contributed by atoms with Crippen LogP contribution in [0, 0.1) is 6.92 Å². The molecular weight excluding hydrogens is 280 g/mol. The monoisotopic (exact) mass is 302 g/mol. The molecule has 2 rings (SSSR count). The summed E-state index contributed by atoms with van der Waals surface area (Å²) in [4.78, 5) is 2.34. The van der Waals surface area contributed by atoms with Gasteiger partial charge < -0.3 is 10.6 Å².